The minimum Gasteiger partial charge on any atom is -0.375 e. The van der Waals surface area contributed by atoms with Gasteiger partial charge in [-0.3, -0.25) is 9.69 Å². The van der Waals surface area contributed by atoms with Crippen LogP contribution in [-0.4, -0.2) is 42.5 Å². The van der Waals surface area contributed by atoms with Crippen molar-refractivity contribution in [3.05, 3.63) is 35.9 Å². The molecule has 0 aromatic heterocycles. The number of hydrogen-bond acceptors (Lipinski definition) is 3. The molecule has 108 valence electrons. The molecule has 0 N–H and O–H groups in total. The van der Waals surface area contributed by atoms with Gasteiger partial charge >= 0.3 is 0 Å². The predicted octanol–water partition coefficient (Wildman–Crippen LogP) is 2.90. The maximum atomic E-state index is 12.2. The van der Waals surface area contributed by atoms with Crippen molar-refractivity contribution in [1.29, 1.82) is 0 Å². The summed E-state index contributed by atoms with van der Waals surface area (Å²) in [5.74, 6) is 0.254. The molecular weight excluding hydrogens is 250 g/mol. The summed E-state index contributed by atoms with van der Waals surface area (Å²) in [7, 11) is 0. The number of ketones is 1. The lowest BCUT2D eigenvalue weighted by Crippen LogP contribution is -2.53. The van der Waals surface area contributed by atoms with Crippen LogP contribution in [0.4, 0.5) is 0 Å². The Bertz CT molecular complexity index is 444. The van der Waals surface area contributed by atoms with E-state index in [0.717, 1.165) is 25.3 Å². The Morgan fingerprint density at radius 3 is 2.85 bits per heavy atom. The molecule has 3 rings (SSSR count). The molecule has 3 nitrogen and oxygen atoms in total. The van der Waals surface area contributed by atoms with Crippen LogP contribution in [0.5, 0.6) is 0 Å². The molecule has 1 aliphatic heterocycles. The monoisotopic (exact) mass is 273 g/mol. The van der Waals surface area contributed by atoms with Crippen molar-refractivity contribution in [3.8, 4) is 0 Å². The number of fused-ring (bicyclic) bond motifs is 1. The summed E-state index contributed by atoms with van der Waals surface area (Å²) in [6.45, 7) is 2.67. The number of carbonyl (C=O) groups excluding carboxylic acids is 1. The lowest BCUT2D eigenvalue weighted by atomic mass is 9.90. The number of benzene rings is 1. The second-order valence-electron chi connectivity index (χ2n) is 5.84. The van der Waals surface area contributed by atoms with E-state index in [2.05, 4.69) is 4.90 Å². The van der Waals surface area contributed by atoms with Crippen LogP contribution in [-0.2, 0) is 4.74 Å². The van der Waals surface area contributed by atoms with Crippen molar-refractivity contribution >= 4 is 5.78 Å². The first-order valence-corrected chi connectivity index (χ1v) is 7.78. The van der Waals surface area contributed by atoms with Crippen LogP contribution in [0.2, 0.25) is 0 Å². The second kappa shape index (κ2) is 6.51. The van der Waals surface area contributed by atoms with Crippen molar-refractivity contribution < 1.29 is 9.53 Å². The summed E-state index contributed by atoms with van der Waals surface area (Å²) in [5.41, 5.74) is 0.834. The van der Waals surface area contributed by atoms with E-state index in [-0.39, 0.29) is 5.78 Å². The van der Waals surface area contributed by atoms with Gasteiger partial charge in [-0.05, 0) is 12.8 Å². The summed E-state index contributed by atoms with van der Waals surface area (Å²) in [6.07, 6.45) is 6.03. The largest absolute Gasteiger partial charge is 0.375 e. The van der Waals surface area contributed by atoms with Crippen LogP contribution in [0.1, 0.15) is 42.5 Å². The molecule has 1 aromatic rings. The molecular formula is C17H23NO2. The number of morpholine rings is 1. The summed E-state index contributed by atoms with van der Waals surface area (Å²) >= 11 is 0. The van der Waals surface area contributed by atoms with E-state index in [4.69, 9.17) is 4.74 Å². The molecule has 1 saturated carbocycles. The minimum absolute atomic E-state index is 0.254. The number of carbonyl (C=O) groups is 1. The summed E-state index contributed by atoms with van der Waals surface area (Å²) in [4.78, 5) is 14.7. The Morgan fingerprint density at radius 1 is 1.20 bits per heavy atom. The summed E-state index contributed by atoms with van der Waals surface area (Å²) in [6, 6.07) is 10.2. The van der Waals surface area contributed by atoms with Crippen molar-refractivity contribution in [3.63, 3.8) is 0 Å². The third-order valence-corrected chi connectivity index (χ3v) is 4.57. The molecule has 0 radical (unpaired) electrons. The molecule has 1 heterocycles. The highest BCUT2D eigenvalue weighted by atomic mass is 16.5. The number of nitrogens with zero attached hydrogens (tertiary/aromatic N) is 1. The number of ether oxygens (including phenoxy) is 1. The molecule has 2 unspecified atom stereocenters. The van der Waals surface area contributed by atoms with Gasteiger partial charge in [-0.2, -0.15) is 0 Å². The van der Waals surface area contributed by atoms with Crippen molar-refractivity contribution in [2.24, 2.45) is 0 Å². The van der Waals surface area contributed by atoms with Crippen molar-refractivity contribution in [1.82, 2.24) is 4.90 Å². The predicted molar refractivity (Wildman–Crippen MR) is 79.0 cm³/mol. The van der Waals surface area contributed by atoms with Gasteiger partial charge in [0.1, 0.15) is 0 Å². The standard InChI is InChI=1S/C17H23NO2/c19-16(14-6-2-1-3-7-14)10-11-18-12-13-20-17-9-5-4-8-15(17)18/h1-3,6-7,15,17H,4-5,8-13H2. The van der Waals surface area contributed by atoms with Crippen LogP contribution in [0.25, 0.3) is 0 Å². The van der Waals surface area contributed by atoms with E-state index >= 15 is 0 Å². The fraction of sp³-hybridized carbons (Fsp3) is 0.588. The number of hydrogen-bond donors (Lipinski definition) is 0. The highest BCUT2D eigenvalue weighted by molar-refractivity contribution is 5.96. The van der Waals surface area contributed by atoms with E-state index in [0.29, 0.717) is 18.6 Å². The number of rotatable bonds is 4. The Labute approximate surface area is 120 Å². The van der Waals surface area contributed by atoms with Crippen molar-refractivity contribution in [2.45, 2.75) is 44.2 Å². The van der Waals surface area contributed by atoms with Crippen LogP contribution >= 0.6 is 0 Å². The molecule has 0 amide bonds. The molecule has 1 aliphatic carbocycles. The SMILES string of the molecule is O=C(CCN1CCOC2CCCCC21)c1ccccc1. The van der Waals surface area contributed by atoms with Gasteiger partial charge in [0.15, 0.2) is 5.78 Å². The van der Waals surface area contributed by atoms with Gasteiger partial charge in [-0.25, -0.2) is 0 Å². The van der Waals surface area contributed by atoms with Gasteiger partial charge in [0.2, 0.25) is 0 Å². The number of Topliss-reactive ketones (excluding diaryl/α,β-unsaturated/α-hetero) is 1. The molecule has 2 aliphatic rings. The van der Waals surface area contributed by atoms with Gasteiger partial charge in [-0.15, -0.1) is 0 Å². The first-order valence-electron chi connectivity index (χ1n) is 7.78. The van der Waals surface area contributed by atoms with E-state index in [1.165, 1.54) is 25.7 Å². The van der Waals surface area contributed by atoms with Gasteiger partial charge in [0, 0.05) is 31.1 Å². The van der Waals surface area contributed by atoms with Crippen LogP contribution in [0.3, 0.4) is 0 Å². The molecule has 2 fully saturated rings. The first kappa shape index (κ1) is 13.8. The fourth-order valence-electron chi connectivity index (χ4n) is 3.47. The molecule has 1 saturated heterocycles. The van der Waals surface area contributed by atoms with Gasteiger partial charge in [0.05, 0.1) is 12.7 Å². The summed E-state index contributed by atoms with van der Waals surface area (Å²) < 4.78 is 5.88. The van der Waals surface area contributed by atoms with E-state index in [1.807, 2.05) is 30.3 Å². The Hall–Kier alpha value is -1.19. The van der Waals surface area contributed by atoms with Crippen LogP contribution < -0.4 is 0 Å². The maximum absolute atomic E-state index is 12.2. The molecule has 3 heteroatoms. The van der Waals surface area contributed by atoms with Crippen LogP contribution in [0, 0.1) is 0 Å². The quantitative estimate of drug-likeness (QED) is 0.790. The topological polar surface area (TPSA) is 29.5 Å². The van der Waals surface area contributed by atoms with E-state index in [9.17, 15) is 4.79 Å². The molecule has 0 bridgehead atoms. The zero-order valence-electron chi connectivity index (χ0n) is 12.0. The van der Waals surface area contributed by atoms with Gasteiger partial charge < -0.3 is 4.74 Å². The summed E-state index contributed by atoms with van der Waals surface area (Å²) in [5, 5.41) is 0. The zero-order valence-corrected chi connectivity index (χ0v) is 12.0. The van der Waals surface area contributed by atoms with E-state index < -0.39 is 0 Å². The molecule has 0 spiro atoms. The molecule has 2 atom stereocenters. The Kier molecular flexibility index (Phi) is 4.48. The van der Waals surface area contributed by atoms with E-state index in [1.54, 1.807) is 0 Å². The Morgan fingerprint density at radius 2 is 2.00 bits per heavy atom. The average Bonchev–Trinajstić information content (AvgIpc) is 2.53. The van der Waals surface area contributed by atoms with Gasteiger partial charge in [-0.1, -0.05) is 43.2 Å². The molecule has 20 heavy (non-hydrogen) atoms. The highest BCUT2D eigenvalue weighted by Crippen LogP contribution is 2.28. The maximum Gasteiger partial charge on any atom is 0.164 e. The normalized spacial score (nSPS) is 27.0. The Balaban J connectivity index is 1.56. The minimum atomic E-state index is 0.254. The average molecular weight is 273 g/mol. The zero-order chi connectivity index (χ0) is 13.8. The van der Waals surface area contributed by atoms with Crippen LogP contribution in [0.15, 0.2) is 30.3 Å². The third kappa shape index (κ3) is 3.10. The molecule has 1 aromatic carbocycles. The smallest absolute Gasteiger partial charge is 0.164 e. The lowest BCUT2D eigenvalue weighted by molar-refractivity contribution is -0.0874. The van der Waals surface area contributed by atoms with Crippen molar-refractivity contribution in [2.75, 3.05) is 19.7 Å². The third-order valence-electron chi connectivity index (χ3n) is 4.57. The fourth-order valence-corrected chi connectivity index (χ4v) is 3.47. The second-order valence-corrected chi connectivity index (χ2v) is 5.84. The lowest BCUT2D eigenvalue weighted by Gasteiger charge is -2.43. The van der Waals surface area contributed by atoms with Gasteiger partial charge in [0.25, 0.3) is 0 Å². The first-order chi connectivity index (χ1) is 9.84. The highest BCUT2D eigenvalue weighted by Gasteiger charge is 2.33.